The van der Waals surface area contributed by atoms with Crippen molar-refractivity contribution in [2.75, 3.05) is 0 Å². The van der Waals surface area contributed by atoms with Crippen LogP contribution in [0.4, 0.5) is 4.39 Å². The Labute approximate surface area is 86.8 Å². The van der Waals surface area contributed by atoms with E-state index in [0.29, 0.717) is 0 Å². The Morgan fingerprint density at radius 2 is 2.00 bits per heavy atom. The van der Waals surface area contributed by atoms with Gasteiger partial charge >= 0.3 is 35.5 Å². The van der Waals surface area contributed by atoms with Gasteiger partial charge in [0.1, 0.15) is 5.82 Å². The van der Waals surface area contributed by atoms with E-state index in [1.54, 1.807) is 0 Å². The van der Waals surface area contributed by atoms with Gasteiger partial charge in [0.2, 0.25) is 0 Å². The van der Waals surface area contributed by atoms with Crippen molar-refractivity contribution in [3.63, 3.8) is 0 Å². The molecule has 11 heavy (non-hydrogen) atoms. The molecule has 0 aliphatic rings. The Kier molecular flexibility index (Phi) is 4.33. The summed E-state index contributed by atoms with van der Waals surface area (Å²) in [6.07, 6.45) is 0. The molecule has 0 aliphatic heterocycles. The van der Waals surface area contributed by atoms with E-state index in [2.05, 4.69) is 0 Å². The molecule has 0 saturated heterocycles. The second-order valence-electron chi connectivity index (χ2n) is 1.78. The molecule has 0 radical (unpaired) electrons. The predicted molar refractivity (Wildman–Crippen MR) is 34.5 cm³/mol. The number of hydrogen-bond acceptors (Lipinski definition) is 1. The van der Waals surface area contributed by atoms with Crippen molar-refractivity contribution in [2.24, 2.45) is 0 Å². The van der Waals surface area contributed by atoms with Gasteiger partial charge in [0.05, 0.1) is 5.56 Å². The van der Waals surface area contributed by atoms with Crippen LogP contribution >= 0.6 is 0 Å². The molecule has 0 fully saturated rings. The molecule has 54 valence electrons. The van der Waals surface area contributed by atoms with Crippen LogP contribution in [0.15, 0.2) is 24.3 Å². The molecule has 1 N–H and O–H groups in total. The molecule has 0 atom stereocenters. The van der Waals surface area contributed by atoms with Crippen LogP contribution in [0, 0.1) is 5.82 Å². The van der Waals surface area contributed by atoms with Crippen LogP contribution in [0.5, 0.6) is 0 Å². The number of aromatic carboxylic acids is 1. The van der Waals surface area contributed by atoms with Gasteiger partial charge in [-0.05, 0) is 12.1 Å². The molecule has 0 aliphatic carbocycles. The Bertz CT molecular complexity index is 267. The summed E-state index contributed by atoms with van der Waals surface area (Å²) in [7, 11) is 0. The van der Waals surface area contributed by atoms with Crippen LogP contribution in [0.1, 0.15) is 11.8 Å². The van der Waals surface area contributed by atoms with Crippen molar-refractivity contribution in [1.82, 2.24) is 0 Å². The van der Waals surface area contributed by atoms with E-state index >= 15 is 0 Å². The Balaban J connectivity index is 0. The average Bonchev–Trinajstić information content (AvgIpc) is 1.88. The minimum atomic E-state index is -1.24. The van der Waals surface area contributed by atoms with Crippen LogP contribution in [0.3, 0.4) is 0 Å². The number of carboxylic acids is 1. The smallest absolute Gasteiger partial charge is 1.00 e. The first-order chi connectivity index (χ1) is 4.72. The molecule has 1 rings (SSSR count). The molecule has 1 aromatic rings. The molecule has 0 amide bonds. The molecule has 1 aromatic carbocycles. The molecule has 0 aromatic heterocycles. The number of hydrogen-bond donors (Lipinski definition) is 1. The fraction of sp³-hybridized carbons (Fsp3) is 0. The van der Waals surface area contributed by atoms with Gasteiger partial charge in [-0.15, -0.1) is 0 Å². The van der Waals surface area contributed by atoms with Gasteiger partial charge in [0.25, 0.3) is 0 Å². The Hall–Kier alpha value is -0.380. The molecular weight excluding hydrogens is 158 g/mol. The molecule has 0 saturated carbocycles. The van der Waals surface area contributed by atoms with Gasteiger partial charge in [-0.2, -0.15) is 0 Å². The van der Waals surface area contributed by atoms with E-state index in [-0.39, 0.29) is 36.5 Å². The third kappa shape index (κ3) is 2.61. The summed E-state index contributed by atoms with van der Waals surface area (Å²) in [5.74, 6) is -1.94. The normalized spacial score (nSPS) is 8.45. The van der Waals surface area contributed by atoms with Crippen LogP contribution in [-0.2, 0) is 0 Å². The van der Waals surface area contributed by atoms with Crippen molar-refractivity contribution < 1.29 is 45.3 Å². The zero-order valence-electron chi connectivity index (χ0n) is 7.04. The van der Waals surface area contributed by atoms with Gasteiger partial charge in [-0.1, -0.05) is 12.1 Å². The van der Waals surface area contributed by atoms with Gasteiger partial charge < -0.3 is 6.53 Å². The number of carboxylic acid groups (broad SMARTS) is 1. The number of halogens is 1. The third-order valence-corrected chi connectivity index (χ3v) is 1.10. The first-order valence-electron chi connectivity index (χ1n) is 2.69. The summed E-state index contributed by atoms with van der Waals surface area (Å²) in [6, 6.07) is 5.26. The Morgan fingerprint density at radius 1 is 1.45 bits per heavy atom. The maximum absolute atomic E-state index is 12.5. The summed E-state index contributed by atoms with van der Waals surface area (Å²) < 4.78 is 12.5. The predicted octanol–water partition coefficient (Wildman–Crippen LogP) is -1.36. The minimum absolute atomic E-state index is 0. The van der Waals surface area contributed by atoms with Gasteiger partial charge in [0.15, 0.2) is 0 Å². The summed E-state index contributed by atoms with van der Waals surface area (Å²) in [5.41, 5.74) is -0.289. The van der Waals surface area contributed by atoms with Crippen LogP contribution < -0.4 is 29.6 Å². The van der Waals surface area contributed by atoms with Crippen molar-refractivity contribution >= 4 is 5.97 Å². The molecular formula is C7H6FNaO2. The quantitative estimate of drug-likeness (QED) is 0.520. The second kappa shape index (κ2) is 4.49. The molecule has 2 nitrogen and oxygen atoms in total. The third-order valence-electron chi connectivity index (χ3n) is 1.10. The molecule has 0 unspecified atom stereocenters. The van der Waals surface area contributed by atoms with Crippen molar-refractivity contribution in [1.29, 1.82) is 0 Å². The van der Waals surface area contributed by atoms with Crippen LogP contribution in [0.25, 0.3) is 0 Å². The van der Waals surface area contributed by atoms with E-state index in [9.17, 15) is 9.18 Å². The molecule has 4 heteroatoms. The maximum Gasteiger partial charge on any atom is 1.00 e. The largest absolute Gasteiger partial charge is 1.00 e. The van der Waals surface area contributed by atoms with E-state index < -0.39 is 11.8 Å². The summed E-state index contributed by atoms with van der Waals surface area (Å²) in [6.45, 7) is 0. The van der Waals surface area contributed by atoms with Crippen molar-refractivity contribution in [3.8, 4) is 0 Å². The van der Waals surface area contributed by atoms with Crippen molar-refractivity contribution in [2.45, 2.75) is 0 Å². The Morgan fingerprint density at radius 3 is 2.36 bits per heavy atom. The van der Waals surface area contributed by atoms with Gasteiger partial charge in [0, 0.05) is 0 Å². The fourth-order valence-corrected chi connectivity index (χ4v) is 0.635. The maximum atomic E-state index is 12.5. The van der Waals surface area contributed by atoms with E-state index in [0.717, 1.165) is 6.07 Å². The van der Waals surface area contributed by atoms with Gasteiger partial charge in [-0.25, -0.2) is 9.18 Å². The minimum Gasteiger partial charge on any atom is -1.00 e. The zero-order chi connectivity index (χ0) is 7.56. The number of carbonyl (C=O) groups is 1. The SMILES string of the molecule is O=C(O)c1ccccc1F.[H-].[Na+]. The van der Waals surface area contributed by atoms with Crippen molar-refractivity contribution in [3.05, 3.63) is 35.6 Å². The van der Waals surface area contributed by atoms with Crippen LogP contribution in [0.2, 0.25) is 0 Å². The van der Waals surface area contributed by atoms with Gasteiger partial charge in [-0.3, -0.25) is 0 Å². The summed E-state index contributed by atoms with van der Waals surface area (Å²) >= 11 is 0. The topological polar surface area (TPSA) is 37.3 Å². The van der Waals surface area contributed by atoms with E-state index in [1.807, 2.05) is 0 Å². The van der Waals surface area contributed by atoms with Crippen LogP contribution in [-0.4, -0.2) is 11.1 Å². The first kappa shape index (κ1) is 10.6. The zero-order valence-corrected chi connectivity index (χ0v) is 8.04. The fourth-order valence-electron chi connectivity index (χ4n) is 0.635. The van der Waals surface area contributed by atoms with E-state index in [1.165, 1.54) is 18.2 Å². The average molecular weight is 164 g/mol. The second-order valence-corrected chi connectivity index (χ2v) is 1.78. The first-order valence-corrected chi connectivity index (χ1v) is 2.69. The summed E-state index contributed by atoms with van der Waals surface area (Å²) in [5, 5.41) is 8.33. The van der Waals surface area contributed by atoms with E-state index in [4.69, 9.17) is 5.11 Å². The summed E-state index contributed by atoms with van der Waals surface area (Å²) in [4.78, 5) is 10.2. The standard InChI is InChI=1S/C7H5FO2.Na.H/c8-6-4-2-1-3-5(6)7(9)10;;/h1-4H,(H,9,10);;/q;+1;-1. The monoisotopic (exact) mass is 164 g/mol. The number of rotatable bonds is 1. The molecule has 0 heterocycles. The molecule has 0 bridgehead atoms. The molecule has 0 spiro atoms. The number of benzene rings is 1.